The summed E-state index contributed by atoms with van der Waals surface area (Å²) in [4.78, 5) is 12.0. The Morgan fingerprint density at radius 3 is 2.17 bits per heavy atom. The number of methoxy groups -OCH3 is 2. The first-order valence-corrected chi connectivity index (χ1v) is 11.1. The quantitative estimate of drug-likeness (QED) is 0.195. The minimum atomic E-state index is -4.76. The second-order valence-corrected chi connectivity index (χ2v) is 8.27. The molecule has 3 aromatic carbocycles. The summed E-state index contributed by atoms with van der Waals surface area (Å²) in [6.45, 7) is 0. The summed E-state index contributed by atoms with van der Waals surface area (Å²) < 4.78 is 58.6. The van der Waals surface area contributed by atoms with Gasteiger partial charge in [-0.3, -0.25) is 0 Å². The lowest BCUT2D eigenvalue weighted by Gasteiger charge is -2.11. The molecule has 35 heavy (non-hydrogen) atoms. The van der Waals surface area contributed by atoms with Gasteiger partial charge in [-0.15, -0.1) is 24.5 Å². The molecule has 180 valence electrons. The summed E-state index contributed by atoms with van der Waals surface area (Å²) in [6, 6.07) is 18.3. The fourth-order valence-electron chi connectivity index (χ4n) is 3.28. The zero-order valence-corrected chi connectivity index (χ0v) is 19.4. The summed E-state index contributed by atoms with van der Waals surface area (Å²) >= 11 is 1.43. The smallest absolute Gasteiger partial charge is 0.497 e. The van der Waals surface area contributed by atoms with Gasteiger partial charge in [-0.1, -0.05) is 12.1 Å². The van der Waals surface area contributed by atoms with E-state index in [0.29, 0.717) is 22.8 Å². The number of halogens is 3. The van der Waals surface area contributed by atoms with E-state index in [0.717, 1.165) is 20.5 Å². The van der Waals surface area contributed by atoms with Crippen LogP contribution in [-0.2, 0) is 9.53 Å². The predicted octanol–water partition coefficient (Wildman–Crippen LogP) is 7.45. The van der Waals surface area contributed by atoms with Gasteiger partial charge in [-0.2, -0.15) is 0 Å². The number of thiophene rings is 1. The molecule has 5 nitrogen and oxygen atoms in total. The molecule has 4 aromatic rings. The lowest BCUT2D eigenvalue weighted by Crippen LogP contribution is -2.16. The SMILES string of the molecule is COC(=O)C=Cc1ccc(Oc2c(-c3ccc(OC(F)(F)F)cc3)sc3cc(OC)ccc23)cc1. The molecule has 0 saturated carbocycles. The van der Waals surface area contributed by atoms with Crippen molar-refractivity contribution < 1.29 is 36.9 Å². The van der Waals surface area contributed by atoms with Gasteiger partial charge in [0.1, 0.15) is 17.2 Å². The number of benzene rings is 3. The van der Waals surface area contributed by atoms with Crippen molar-refractivity contribution in [2.45, 2.75) is 6.36 Å². The largest absolute Gasteiger partial charge is 0.573 e. The van der Waals surface area contributed by atoms with E-state index in [2.05, 4.69) is 9.47 Å². The molecule has 0 amide bonds. The van der Waals surface area contributed by atoms with Gasteiger partial charge in [0.2, 0.25) is 0 Å². The molecule has 0 saturated heterocycles. The van der Waals surface area contributed by atoms with Crippen molar-refractivity contribution >= 4 is 33.5 Å². The fourth-order valence-corrected chi connectivity index (χ4v) is 4.44. The minimum Gasteiger partial charge on any atom is -0.497 e. The van der Waals surface area contributed by atoms with Crippen LogP contribution in [0.5, 0.6) is 23.0 Å². The normalized spacial score (nSPS) is 11.6. The molecular weight excluding hydrogens is 481 g/mol. The minimum absolute atomic E-state index is 0.304. The number of ether oxygens (including phenoxy) is 4. The predicted molar refractivity (Wildman–Crippen MR) is 128 cm³/mol. The second kappa shape index (κ2) is 10.1. The molecule has 0 aliphatic carbocycles. The number of carbonyl (C=O) groups excluding carboxylic acids is 1. The molecule has 0 unspecified atom stereocenters. The second-order valence-electron chi connectivity index (χ2n) is 7.22. The molecule has 0 aliphatic heterocycles. The molecule has 0 N–H and O–H groups in total. The first kappa shape index (κ1) is 24.2. The summed E-state index contributed by atoms with van der Waals surface area (Å²) in [5.41, 5.74) is 1.45. The van der Waals surface area contributed by atoms with Crippen LogP contribution in [0.15, 0.2) is 72.8 Å². The fraction of sp³-hybridized carbons (Fsp3) is 0.115. The van der Waals surface area contributed by atoms with Crippen molar-refractivity contribution in [1.82, 2.24) is 0 Å². The van der Waals surface area contributed by atoms with Crippen LogP contribution in [0.25, 0.3) is 26.6 Å². The molecule has 0 spiro atoms. The van der Waals surface area contributed by atoms with Gasteiger partial charge in [0.25, 0.3) is 0 Å². The van der Waals surface area contributed by atoms with E-state index in [-0.39, 0.29) is 5.75 Å². The molecule has 0 radical (unpaired) electrons. The van der Waals surface area contributed by atoms with Gasteiger partial charge in [0.15, 0.2) is 5.75 Å². The van der Waals surface area contributed by atoms with E-state index in [4.69, 9.17) is 9.47 Å². The average Bonchev–Trinajstić information content (AvgIpc) is 3.20. The number of hydrogen-bond donors (Lipinski definition) is 0. The lowest BCUT2D eigenvalue weighted by molar-refractivity contribution is -0.274. The Morgan fingerprint density at radius 2 is 1.54 bits per heavy atom. The van der Waals surface area contributed by atoms with Crippen LogP contribution in [0.2, 0.25) is 0 Å². The summed E-state index contributed by atoms with van der Waals surface area (Å²) in [5, 5.41) is 0.830. The Balaban J connectivity index is 1.69. The molecule has 0 aliphatic rings. The molecule has 0 bridgehead atoms. The van der Waals surface area contributed by atoms with Crippen LogP contribution in [-0.4, -0.2) is 26.6 Å². The molecule has 0 atom stereocenters. The van der Waals surface area contributed by atoms with Gasteiger partial charge >= 0.3 is 12.3 Å². The van der Waals surface area contributed by atoms with Crippen molar-refractivity contribution in [3.63, 3.8) is 0 Å². The van der Waals surface area contributed by atoms with Crippen LogP contribution in [0.3, 0.4) is 0 Å². The molecule has 1 heterocycles. The average molecular weight is 500 g/mol. The Bertz CT molecular complexity index is 1360. The maximum absolute atomic E-state index is 12.5. The van der Waals surface area contributed by atoms with Gasteiger partial charge < -0.3 is 18.9 Å². The highest BCUT2D eigenvalue weighted by molar-refractivity contribution is 7.22. The van der Waals surface area contributed by atoms with E-state index < -0.39 is 12.3 Å². The number of carbonyl (C=O) groups is 1. The summed E-state index contributed by atoms with van der Waals surface area (Å²) in [5.74, 6) is 1.03. The van der Waals surface area contributed by atoms with Crippen molar-refractivity contribution in [3.8, 4) is 33.4 Å². The molecular formula is C26H19F3O5S. The Kier molecular flexibility index (Phi) is 6.97. The van der Waals surface area contributed by atoms with Crippen LogP contribution in [0.1, 0.15) is 5.56 Å². The van der Waals surface area contributed by atoms with E-state index in [9.17, 15) is 18.0 Å². The summed E-state index contributed by atoms with van der Waals surface area (Å²) in [7, 11) is 2.88. The summed E-state index contributed by atoms with van der Waals surface area (Å²) in [6.07, 6.45) is -1.82. The molecule has 1 aromatic heterocycles. The van der Waals surface area contributed by atoms with E-state index in [1.165, 1.54) is 36.7 Å². The molecule has 4 rings (SSSR count). The Hall–Kier alpha value is -3.98. The number of hydrogen-bond acceptors (Lipinski definition) is 6. The number of esters is 1. The highest BCUT2D eigenvalue weighted by atomic mass is 32.1. The Morgan fingerprint density at radius 1 is 0.886 bits per heavy atom. The highest BCUT2D eigenvalue weighted by Gasteiger charge is 2.31. The third-order valence-corrected chi connectivity index (χ3v) is 6.10. The van der Waals surface area contributed by atoms with Crippen molar-refractivity contribution in [2.75, 3.05) is 14.2 Å². The first-order valence-electron chi connectivity index (χ1n) is 10.3. The third-order valence-electron chi connectivity index (χ3n) is 4.91. The maximum atomic E-state index is 12.5. The van der Waals surface area contributed by atoms with Gasteiger partial charge in [0, 0.05) is 16.2 Å². The number of alkyl halides is 3. The van der Waals surface area contributed by atoms with E-state index in [1.807, 2.05) is 18.2 Å². The van der Waals surface area contributed by atoms with Gasteiger partial charge in [0.05, 0.1) is 19.1 Å². The van der Waals surface area contributed by atoms with Crippen molar-refractivity contribution in [2.24, 2.45) is 0 Å². The highest BCUT2D eigenvalue weighted by Crippen LogP contribution is 2.47. The topological polar surface area (TPSA) is 54.0 Å². The van der Waals surface area contributed by atoms with E-state index in [1.54, 1.807) is 49.6 Å². The monoisotopic (exact) mass is 500 g/mol. The standard InChI is InChI=1S/C26H19F3O5S/c1-31-20-12-13-21-22(15-20)35-25(17-6-10-19(11-7-17)34-26(27,28)29)24(21)33-18-8-3-16(4-9-18)5-14-23(30)32-2/h3-15H,1-2H3. The zero-order chi connectivity index (χ0) is 25.0. The van der Waals surface area contributed by atoms with Crippen LogP contribution < -0.4 is 14.2 Å². The zero-order valence-electron chi connectivity index (χ0n) is 18.6. The maximum Gasteiger partial charge on any atom is 0.573 e. The van der Waals surface area contributed by atoms with Crippen LogP contribution in [0.4, 0.5) is 13.2 Å². The van der Waals surface area contributed by atoms with E-state index >= 15 is 0 Å². The number of fused-ring (bicyclic) bond motifs is 1. The third kappa shape index (κ3) is 5.93. The lowest BCUT2D eigenvalue weighted by atomic mass is 10.1. The van der Waals surface area contributed by atoms with Crippen molar-refractivity contribution in [1.29, 1.82) is 0 Å². The van der Waals surface area contributed by atoms with Crippen molar-refractivity contribution in [3.05, 3.63) is 78.4 Å². The number of rotatable bonds is 7. The van der Waals surface area contributed by atoms with Crippen LogP contribution >= 0.6 is 11.3 Å². The van der Waals surface area contributed by atoms with Gasteiger partial charge in [-0.25, -0.2) is 4.79 Å². The molecule has 0 fully saturated rings. The molecule has 9 heteroatoms. The van der Waals surface area contributed by atoms with Gasteiger partial charge in [-0.05, 0) is 71.8 Å². The first-order chi connectivity index (χ1) is 16.8. The van der Waals surface area contributed by atoms with Crippen LogP contribution in [0, 0.1) is 0 Å². The Labute approximate surface area is 202 Å².